The van der Waals surface area contributed by atoms with Crippen LogP contribution in [0.4, 0.5) is 0 Å². The van der Waals surface area contributed by atoms with Gasteiger partial charge in [0.1, 0.15) is 6.04 Å². The number of nitrogens with zero attached hydrogens (tertiary/aromatic N) is 1. The summed E-state index contributed by atoms with van der Waals surface area (Å²) >= 11 is 0. The van der Waals surface area contributed by atoms with E-state index in [1.807, 2.05) is 36.1 Å². The van der Waals surface area contributed by atoms with Gasteiger partial charge in [0.25, 0.3) is 0 Å². The van der Waals surface area contributed by atoms with Gasteiger partial charge in [-0.05, 0) is 37.2 Å². The van der Waals surface area contributed by atoms with Crippen molar-refractivity contribution in [3.8, 4) is 0 Å². The van der Waals surface area contributed by atoms with E-state index in [-0.39, 0.29) is 11.3 Å². The van der Waals surface area contributed by atoms with E-state index in [4.69, 9.17) is 10.5 Å². The number of hydrogen-bond donors (Lipinski definition) is 1. The Morgan fingerprint density at radius 3 is 2.57 bits per heavy atom. The summed E-state index contributed by atoms with van der Waals surface area (Å²) in [6.07, 6.45) is 3.22. The van der Waals surface area contributed by atoms with Crippen molar-refractivity contribution < 1.29 is 9.53 Å². The molecule has 1 unspecified atom stereocenters. The number of carbonyl (C=O) groups is 1. The first kappa shape index (κ1) is 14.5. The first-order valence-corrected chi connectivity index (χ1v) is 7.78. The number of ether oxygens (including phenoxy) is 1. The standard InChI is InChI=1S/C17H24N2O2/c1-13-2-4-14(5-3-13)15(18)16(20)19-9-6-17(12-19)7-10-21-11-8-17/h2-5,15H,6-12,18H2,1H3. The molecule has 0 saturated carbocycles. The lowest BCUT2D eigenvalue weighted by molar-refractivity contribution is -0.132. The zero-order valence-corrected chi connectivity index (χ0v) is 12.7. The summed E-state index contributed by atoms with van der Waals surface area (Å²) in [4.78, 5) is 14.6. The molecule has 1 aromatic rings. The second-order valence-electron chi connectivity index (χ2n) is 6.51. The van der Waals surface area contributed by atoms with Crippen LogP contribution in [0.25, 0.3) is 0 Å². The maximum atomic E-state index is 12.6. The quantitative estimate of drug-likeness (QED) is 0.906. The molecule has 1 atom stereocenters. The predicted octanol–water partition coefficient (Wildman–Crippen LogP) is 2.02. The molecule has 1 spiro atoms. The number of aryl methyl sites for hydroxylation is 1. The fraction of sp³-hybridized carbons (Fsp3) is 0.588. The first-order valence-electron chi connectivity index (χ1n) is 7.78. The van der Waals surface area contributed by atoms with Gasteiger partial charge in [0.2, 0.25) is 5.91 Å². The van der Waals surface area contributed by atoms with Gasteiger partial charge in [-0.1, -0.05) is 29.8 Å². The lowest BCUT2D eigenvalue weighted by atomic mass is 9.80. The Balaban J connectivity index is 1.67. The summed E-state index contributed by atoms with van der Waals surface area (Å²) < 4.78 is 5.45. The number of nitrogens with two attached hydrogens (primary N) is 1. The molecule has 2 aliphatic rings. The van der Waals surface area contributed by atoms with E-state index in [9.17, 15) is 4.79 Å². The maximum absolute atomic E-state index is 12.6. The molecule has 1 aromatic carbocycles. The summed E-state index contributed by atoms with van der Waals surface area (Å²) in [6, 6.07) is 7.38. The van der Waals surface area contributed by atoms with Crippen molar-refractivity contribution in [1.29, 1.82) is 0 Å². The highest BCUT2D eigenvalue weighted by atomic mass is 16.5. The molecule has 4 heteroatoms. The Labute approximate surface area is 126 Å². The topological polar surface area (TPSA) is 55.6 Å². The lowest BCUT2D eigenvalue weighted by Gasteiger charge is -2.33. The summed E-state index contributed by atoms with van der Waals surface area (Å²) in [7, 11) is 0. The third-order valence-corrected chi connectivity index (χ3v) is 5.01. The van der Waals surface area contributed by atoms with Gasteiger partial charge in [-0.15, -0.1) is 0 Å². The molecule has 0 aromatic heterocycles. The van der Waals surface area contributed by atoms with Gasteiger partial charge in [0.05, 0.1) is 0 Å². The van der Waals surface area contributed by atoms with E-state index in [1.54, 1.807) is 0 Å². The molecule has 21 heavy (non-hydrogen) atoms. The van der Waals surface area contributed by atoms with Crippen molar-refractivity contribution in [1.82, 2.24) is 4.90 Å². The largest absolute Gasteiger partial charge is 0.381 e. The number of carbonyl (C=O) groups excluding carboxylic acids is 1. The average molecular weight is 288 g/mol. The second-order valence-corrected chi connectivity index (χ2v) is 6.51. The van der Waals surface area contributed by atoms with Crippen molar-refractivity contribution >= 4 is 5.91 Å². The van der Waals surface area contributed by atoms with Gasteiger partial charge in [-0.25, -0.2) is 0 Å². The molecule has 4 nitrogen and oxygen atoms in total. The maximum Gasteiger partial charge on any atom is 0.244 e. The van der Waals surface area contributed by atoms with E-state index < -0.39 is 6.04 Å². The minimum absolute atomic E-state index is 0.0576. The Hall–Kier alpha value is -1.39. The highest BCUT2D eigenvalue weighted by molar-refractivity contribution is 5.83. The van der Waals surface area contributed by atoms with Gasteiger partial charge >= 0.3 is 0 Å². The first-order chi connectivity index (χ1) is 10.1. The molecule has 2 N–H and O–H groups in total. The Morgan fingerprint density at radius 2 is 1.90 bits per heavy atom. The highest BCUT2D eigenvalue weighted by Gasteiger charge is 2.41. The SMILES string of the molecule is Cc1ccc(C(N)C(=O)N2CCC3(CCOCC3)C2)cc1. The Kier molecular flexibility index (Phi) is 4.00. The van der Waals surface area contributed by atoms with Gasteiger partial charge in [-0.2, -0.15) is 0 Å². The van der Waals surface area contributed by atoms with Crippen molar-refractivity contribution in [2.45, 2.75) is 32.2 Å². The molecule has 2 aliphatic heterocycles. The minimum atomic E-state index is -0.541. The molecule has 0 bridgehead atoms. The summed E-state index contributed by atoms with van der Waals surface area (Å²) in [5, 5.41) is 0. The summed E-state index contributed by atoms with van der Waals surface area (Å²) in [6.45, 7) is 5.36. The molecule has 114 valence electrons. The second kappa shape index (κ2) is 5.78. The number of likely N-dealkylation sites (tertiary alicyclic amines) is 1. The molecule has 2 saturated heterocycles. The van der Waals surface area contributed by atoms with Gasteiger partial charge < -0.3 is 15.4 Å². The molecule has 0 radical (unpaired) electrons. The molecule has 2 heterocycles. The predicted molar refractivity (Wildman–Crippen MR) is 81.8 cm³/mol. The van der Waals surface area contributed by atoms with Crippen LogP contribution in [0.1, 0.15) is 36.4 Å². The molecule has 3 rings (SSSR count). The van der Waals surface area contributed by atoms with Crippen molar-refractivity contribution in [2.24, 2.45) is 11.1 Å². The molecular weight excluding hydrogens is 264 g/mol. The van der Waals surface area contributed by atoms with Crippen LogP contribution in [-0.2, 0) is 9.53 Å². The molecule has 1 amide bonds. The highest BCUT2D eigenvalue weighted by Crippen LogP contribution is 2.40. The lowest BCUT2D eigenvalue weighted by Crippen LogP contribution is -2.40. The normalized spacial score (nSPS) is 22.5. The van der Waals surface area contributed by atoms with E-state index in [0.29, 0.717) is 0 Å². The third kappa shape index (κ3) is 2.97. The van der Waals surface area contributed by atoms with E-state index in [0.717, 1.165) is 51.1 Å². The van der Waals surface area contributed by atoms with Crippen LogP contribution in [0, 0.1) is 12.3 Å². The van der Waals surface area contributed by atoms with Gasteiger partial charge in [0.15, 0.2) is 0 Å². The number of benzene rings is 1. The monoisotopic (exact) mass is 288 g/mol. The summed E-state index contributed by atoms with van der Waals surface area (Å²) in [5.41, 5.74) is 8.53. The number of amides is 1. The molecule has 2 fully saturated rings. The average Bonchev–Trinajstić information content (AvgIpc) is 2.91. The van der Waals surface area contributed by atoms with Crippen LogP contribution >= 0.6 is 0 Å². The minimum Gasteiger partial charge on any atom is -0.381 e. The fourth-order valence-electron chi connectivity index (χ4n) is 3.45. The van der Waals surface area contributed by atoms with Crippen molar-refractivity contribution in [2.75, 3.05) is 26.3 Å². The fourth-order valence-corrected chi connectivity index (χ4v) is 3.45. The van der Waals surface area contributed by atoms with E-state index >= 15 is 0 Å². The zero-order valence-electron chi connectivity index (χ0n) is 12.7. The molecule has 0 aliphatic carbocycles. The number of hydrogen-bond acceptors (Lipinski definition) is 3. The van der Waals surface area contributed by atoms with Gasteiger partial charge in [0, 0.05) is 26.3 Å². The van der Waals surface area contributed by atoms with Gasteiger partial charge in [-0.3, -0.25) is 4.79 Å². The van der Waals surface area contributed by atoms with Crippen LogP contribution in [-0.4, -0.2) is 37.1 Å². The zero-order chi connectivity index (χ0) is 14.9. The third-order valence-electron chi connectivity index (χ3n) is 5.01. The van der Waals surface area contributed by atoms with Crippen molar-refractivity contribution in [3.63, 3.8) is 0 Å². The number of rotatable bonds is 2. The van der Waals surface area contributed by atoms with E-state index in [1.165, 1.54) is 5.56 Å². The van der Waals surface area contributed by atoms with Crippen LogP contribution in [0.5, 0.6) is 0 Å². The van der Waals surface area contributed by atoms with Crippen molar-refractivity contribution in [3.05, 3.63) is 35.4 Å². The Morgan fingerprint density at radius 1 is 1.24 bits per heavy atom. The van der Waals surface area contributed by atoms with E-state index in [2.05, 4.69) is 0 Å². The van der Waals surface area contributed by atoms with Crippen LogP contribution < -0.4 is 5.73 Å². The van der Waals surface area contributed by atoms with Crippen LogP contribution in [0.2, 0.25) is 0 Å². The van der Waals surface area contributed by atoms with Crippen LogP contribution in [0.3, 0.4) is 0 Å². The smallest absolute Gasteiger partial charge is 0.244 e. The Bertz CT molecular complexity index is 506. The molecular formula is C17H24N2O2. The summed E-state index contributed by atoms with van der Waals surface area (Å²) in [5.74, 6) is 0.0576. The van der Waals surface area contributed by atoms with Crippen LogP contribution in [0.15, 0.2) is 24.3 Å².